The van der Waals surface area contributed by atoms with Gasteiger partial charge in [-0.25, -0.2) is 4.98 Å². The van der Waals surface area contributed by atoms with E-state index in [0.29, 0.717) is 0 Å². The van der Waals surface area contributed by atoms with Gasteiger partial charge in [0, 0.05) is 0 Å². The molecule has 0 saturated carbocycles. The molecular formula is C3HF3N5+. The molecule has 0 aliphatic carbocycles. The highest BCUT2D eigenvalue weighted by molar-refractivity contribution is 5.21. The van der Waals surface area contributed by atoms with Crippen molar-refractivity contribution < 1.29 is 13.2 Å². The summed E-state index contributed by atoms with van der Waals surface area (Å²) < 4.78 is 35.0. The van der Waals surface area contributed by atoms with Crippen molar-refractivity contribution in [1.29, 1.82) is 5.39 Å². The van der Waals surface area contributed by atoms with Crippen molar-refractivity contribution in [2.45, 2.75) is 6.18 Å². The van der Waals surface area contributed by atoms with Crippen LogP contribution >= 0.6 is 0 Å². The first-order valence-corrected chi connectivity index (χ1v) is 2.39. The summed E-state index contributed by atoms with van der Waals surface area (Å²) in [5.41, 5.74) is 0. The van der Waals surface area contributed by atoms with Crippen LogP contribution in [0.3, 0.4) is 0 Å². The van der Waals surface area contributed by atoms with E-state index in [9.17, 15) is 13.2 Å². The lowest BCUT2D eigenvalue weighted by Gasteiger charge is -1.94. The molecule has 58 valence electrons. The van der Waals surface area contributed by atoms with Crippen LogP contribution in [0.2, 0.25) is 0 Å². The molecule has 11 heavy (non-hydrogen) atoms. The molecule has 0 unspecified atom stereocenters. The third kappa shape index (κ3) is 1.43. The van der Waals surface area contributed by atoms with E-state index in [1.54, 1.807) is 4.98 Å². The predicted molar refractivity (Wildman–Crippen MR) is 26.1 cm³/mol. The molecule has 1 N–H and O–H groups in total. The topological polar surface area (TPSA) is 69.7 Å². The minimum absolute atomic E-state index is 0.572. The summed E-state index contributed by atoms with van der Waals surface area (Å²) in [5, 5.41) is 13.5. The number of aromatic amines is 1. The fraction of sp³-hybridized carbons (Fsp3) is 0.333. The van der Waals surface area contributed by atoms with E-state index in [1.807, 2.05) is 0 Å². The van der Waals surface area contributed by atoms with Gasteiger partial charge < -0.3 is 0 Å². The van der Waals surface area contributed by atoms with Crippen molar-refractivity contribution >= 4 is 5.95 Å². The number of alkyl halides is 3. The maximum Gasteiger partial charge on any atom is 0.549 e. The van der Waals surface area contributed by atoms with Gasteiger partial charge in [-0.2, -0.15) is 13.2 Å². The summed E-state index contributed by atoms with van der Waals surface area (Å²) in [7, 11) is 0. The summed E-state index contributed by atoms with van der Waals surface area (Å²) in [4.78, 5) is 4.01. The van der Waals surface area contributed by atoms with Crippen LogP contribution < -0.4 is 0 Å². The summed E-state index contributed by atoms with van der Waals surface area (Å²) >= 11 is 0. The van der Waals surface area contributed by atoms with Gasteiger partial charge in [-0.1, -0.05) is 0 Å². The van der Waals surface area contributed by atoms with E-state index < -0.39 is 17.9 Å². The number of nitrogens with zero attached hydrogens (tertiary/aromatic N) is 4. The first-order valence-electron chi connectivity index (χ1n) is 2.39. The van der Waals surface area contributed by atoms with E-state index in [2.05, 4.69) is 15.2 Å². The van der Waals surface area contributed by atoms with Crippen LogP contribution in [0.25, 0.3) is 4.98 Å². The quantitative estimate of drug-likeness (QED) is 0.587. The smallest absolute Gasteiger partial charge is 0.200 e. The highest BCUT2D eigenvalue weighted by Crippen LogP contribution is 2.26. The Morgan fingerprint density at radius 1 is 1.36 bits per heavy atom. The number of halogens is 3. The van der Waals surface area contributed by atoms with Crippen LogP contribution in [0, 0.1) is 5.39 Å². The van der Waals surface area contributed by atoms with Crippen LogP contribution in [0.5, 0.6) is 0 Å². The molecule has 8 heteroatoms. The Labute approximate surface area is 57.9 Å². The van der Waals surface area contributed by atoms with E-state index >= 15 is 0 Å². The zero-order valence-electron chi connectivity index (χ0n) is 4.92. The molecule has 0 amide bonds. The van der Waals surface area contributed by atoms with Crippen molar-refractivity contribution in [3.8, 4) is 0 Å². The van der Waals surface area contributed by atoms with Gasteiger partial charge in [0.1, 0.15) is 0 Å². The first kappa shape index (κ1) is 7.46. The van der Waals surface area contributed by atoms with Crippen molar-refractivity contribution in [2.24, 2.45) is 0 Å². The van der Waals surface area contributed by atoms with Crippen molar-refractivity contribution in [3.63, 3.8) is 0 Å². The van der Waals surface area contributed by atoms with E-state index in [-0.39, 0.29) is 0 Å². The van der Waals surface area contributed by atoms with Crippen molar-refractivity contribution in [1.82, 2.24) is 15.2 Å². The van der Waals surface area contributed by atoms with Crippen LogP contribution in [-0.4, -0.2) is 15.2 Å². The maximum absolute atomic E-state index is 11.7. The van der Waals surface area contributed by atoms with Crippen molar-refractivity contribution in [2.75, 3.05) is 0 Å². The van der Waals surface area contributed by atoms with Gasteiger partial charge in [0.05, 0.1) is 10.5 Å². The zero-order chi connectivity index (χ0) is 8.48. The summed E-state index contributed by atoms with van der Waals surface area (Å²) in [5.74, 6) is -1.86. The minimum atomic E-state index is -4.59. The molecular weight excluding hydrogens is 163 g/mol. The fourth-order valence-electron chi connectivity index (χ4n) is 0.426. The average Bonchev–Trinajstić information content (AvgIpc) is 2.32. The second-order valence-corrected chi connectivity index (χ2v) is 1.59. The second-order valence-electron chi connectivity index (χ2n) is 1.59. The Hall–Kier alpha value is -1.65. The molecule has 1 heterocycles. The van der Waals surface area contributed by atoms with Crippen LogP contribution in [0.15, 0.2) is 0 Å². The van der Waals surface area contributed by atoms with Gasteiger partial charge in [-0.05, 0) is 10.1 Å². The van der Waals surface area contributed by atoms with Gasteiger partial charge in [-0.15, -0.1) is 0 Å². The molecule has 5 nitrogen and oxygen atoms in total. The number of hydrogen-bond acceptors (Lipinski definition) is 3. The SMILES string of the molecule is N#[N+]c1nnc(C(F)(F)F)[nH]1. The van der Waals surface area contributed by atoms with Gasteiger partial charge in [0.2, 0.25) is 0 Å². The number of nitrogens with one attached hydrogen (secondary N) is 1. The lowest BCUT2D eigenvalue weighted by Crippen LogP contribution is -2.07. The maximum atomic E-state index is 11.7. The number of hydrogen-bond donors (Lipinski definition) is 1. The molecule has 1 aromatic heterocycles. The highest BCUT2D eigenvalue weighted by Gasteiger charge is 2.39. The number of rotatable bonds is 0. The number of H-pyrrole nitrogens is 1. The Morgan fingerprint density at radius 3 is 2.27 bits per heavy atom. The molecule has 0 radical (unpaired) electrons. The van der Waals surface area contributed by atoms with Crippen LogP contribution in [0.1, 0.15) is 5.82 Å². The predicted octanol–water partition coefficient (Wildman–Crippen LogP) is 1.31. The second kappa shape index (κ2) is 2.19. The summed E-state index contributed by atoms with van der Waals surface area (Å²) in [6.45, 7) is 0. The molecule has 0 bridgehead atoms. The Morgan fingerprint density at radius 2 is 2.00 bits per heavy atom. The third-order valence-electron chi connectivity index (χ3n) is 0.838. The molecule has 0 spiro atoms. The third-order valence-corrected chi connectivity index (χ3v) is 0.838. The molecule has 0 fully saturated rings. The van der Waals surface area contributed by atoms with Gasteiger partial charge >= 0.3 is 17.9 Å². The Balaban J connectivity index is 3.01. The van der Waals surface area contributed by atoms with Gasteiger partial charge in [0.15, 0.2) is 0 Å². The lowest BCUT2D eigenvalue weighted by atomic mass is 10.6. The minimum Gasteiger partial charge on any atom is -0.200 e. The van der Waals surface area contributed by atoms with Crippen LogP contribution in [0.4, 0.5) is 19.1 Å². The van der Waals surface area contributed by atoms with Gasteiger partial charge in [0.25, 0.3) is 0 Å². The van der Waals surface area contributed by atoms with Crippen LogP contribution in [-0.2, 0) is 6.18 Å². The number of diazo groups is 1. The Bertz CT molecular complexity index is 293. The summed E-state index contributed by atoms with van der Waals surface area (Å²) in [6, 6.07) is 0. The molecule has 1 rings (SSSR count). The number of aromatic nitrogens is 3. The molecule has 0 atom stereocenters. The standard InChI is InChI=1S/C3HF3N5/c4-3(5,6)1-8-2(9-7)11-10-1/h(H,8,10,11)/q+1. The largest absolute Gasteiger partial charge is 0.549 e. The average molecular weight is 164 g/mol. The first-order chi connectivity index (χ1) is 5.04. The summed E-state index contributed by atoms with van der Waals surface area (Å²) in [6.07, 6.45) is -4.59. The van der Waals surface area contributed by atoms with E-state index in [1.165, 1.54) is 0 Å². The molecule has 0 aliphatic rings. The lowest BCUT2D eigenvalue weighted by molar-refractivity contribution is -0.144. The van der Waals surface area contributed by atoms with E-state index in [4.69, 9.17) is 5.39 Å². The van der Waals surface area contributed by atoms with Crippen molar-refractivity contribution in [3.05, 3.63) is 10.8 Å². The van der Waals surface area contributed by atoms with E-state index in [0.717, 1.165) is 0 Å². The fourth-order valence-corrected chi connectivity index (χ4v) is 0.426. The monoisotopic (exact) mass is 164 g/mol. The van der Waals surface area contributed by atoms with Gasteiger partial charge in [-0.3, -0.25) is 0 Å². The molecule has 0 aromatic carbocycles. The zero-order valence-corrected chi connectivity index (χ0v) is 4.92. The molecule has 0 aliphatic heterocycles. The highest BCUT2D eigenvalue weighted by atomic mass is 19.4. The Kier molecular flexibility index (Phi) is 1.48. The molecule has 0 saturated heterocycles. The normalized spacial score (nSPS) is 11.1. The molecule has 1 aromatic rings.